The summed E-state index contributed by atoms with van der Waals surface area (Å²) in [6.45, 7) is 7.80. The summed E-state index contributed by atoms with van der Waals surface area (Å²) in [5.74, 6) is -0.525. The van der Waals surface area contributed by atoms with E-state index in [4.69, 9.17) is 4.74 Å². The Hall–Kier alpha value is -0.900. The van der Waals surface area contributed by atoms with E-state index in [9.17, 15) is 9.59 Å². The molecule has 1 fully saturated rings. The summed E-state index contributed by atoms with van der Waals surface area (Å²) in [5, 5.41) is 2.37. The predicted molar refractivity (Wildman–Crippen MR) is 60.7 cm³/mol. The van der Waals surface area contributed by atoms with Gasteiger partial charge >= 0.3 is 0 Å². The van der Waals surface area contributed by atoms with Crippen molar-refractivity contribution in [2.75, 3.05) is 7.11 Å². The van der Waals surface area contributed by atoms with Gasteiger partial charge in [0.2, 0.25) is 11.8 Å². The molecule has 1 heterocycles. The number of piperidine rings is 1. The Bertz CT molecular complexity index is 311. The van der Waals surface area contributed by atoms with E-state index in [1.54, 1.807) is 7.11 Å². The summed E-state index contributed by atoms with van der Waals surface area (Å²) in [5.41, 5.74) is -0.639. The first-order valence-corrected chi connectivity index (χ1v) is 5.59. The molecular formula is C12H21NO3. The number of hydrogen-bond acceptors (Lipinski definition) is 3. The second-order valence-corrected chi connectivity index (χ2v) is 5.61. The van der Waals surface area contributed by atoms with Crippen molar-refractivity contribution < 1.29 is 14.3 Å². The fraction of sp³-hybridized carbons (Fsp3) is 0.833. The van der Waals surface area contributed by atoms with Gasteiger partial charge in [0.25, 0.3) is 0 Å². The van der Waals surface area contributed by atoms with Gasteiger partial charge in [-0.15, -0.1) is 0 Å². The van der Waals surface area contributed by atoms with Gasteiger partial charge in [-0.25, -0.2) is 0 Å². The van der Waals surface area contributed by atoms with Gasteiger partial charge in [0, 0.05) is 19.4 Å². The summed E-state index contributed by atoms with van der Waals surface area (Å²) < 4.78 is 5.38. The molecule has 16 heavy (non-hydrogen) atoms. The topological polar surface area (TPSA) is 55.4 Å². The van der Waals surface area contributed by atoms with Gasteiger partial charge in [-0.2, -0.15) is 0 Å². The average Bonchev–Trinajstić information content (AvgIpc) is 2.13. The van der Waals surface area contributed by atoms with Crippen LogP contribution in [0.4, 0.5) is 0 Å². The third kappa shape index (κ3) is 2.61. The maximum Gasteiger partial charge on any atom is 0.229 e. The molecule has 0 aromatic heterocycles. The number of hydrogen-bond donors (Lipinski definition) is 1. The van der Waals surface area contributed by atoms with Gasteiger partial charge in [-0.3, -0.25) is 14.9 Å². The molecule has 0 bridgehead atoms. The van der Waals surface area contributed by atoms with Crippen LogP contribution in [0, 0.1) is 11.3 Å². The Labute approximate surface area is 96.7 Å². The normalized spacial score (nSPS) is 31.4. The van der Waals surface area contributed by atoms with E-state index in [1.165, 1.54) is 0 Å². The van der Waals surface area contributed by atoms with Crippen LogP contribution >= 0.6 is 0 Å². The van der Waals surface area contributed by atoms with Crippen LogP contribution in [0.1, 0.15) is 40.5 Å². The summed E-state index contributed by atoms with van der Waals surface area (Å²) in [6, 6.07) is 0. The van der Waals surface area contributed by atoms with Crippen molar-refractivity contribution in [2.45, 2.75) is 46.1 Å². The molecule has 4 heteroatoms. The second kappa shape index (κ2) is 4.17. The zero-order chi connectivity index (χ0) is 12.6. The first-order chi connectivity index (χ1) is 7.20. The summed E-state index contributed by atoms with van der Waals surface area (Å²) in [6.07, 6.45) is 1.07. The molecule has 2 atom stereocenters. The molecule has 2 unspecified atom stereocenters. The monoisotopic (exact) mass is 227 g/mol. The highest BCUT2D eigenvalue weighted by Gasteiger charge is 2.45. The molecule has 1 rings (SSSR count). The van der Waals surface area contributed by atoms with E-state index in [-0.39, 0.29) is 28.7 Å². The van der Waals surface area contributed by atoms with Gasteiger partial charge in [0.05, 0.1) is 5.60 Å². The Morgan fingerprint density at radius 1 is 1.50 bits per heavy atom. The lowest BCUT2D eigenvalue weighted by molar-refractivity contribution is -0.145. The Morgan fingerprint density at radius 2 is 2.06 bits per heavy atom. The zero-order valence-corrected chi connectivity index (χ0v) is 10.7. The van der Waals surface area contributed by atoms with Crippen molar-refractivity contribution in [3.63, 3.8) is 0 Å². The fourth-order valence-corrected chi connectivity index (χ4v) is 2.39. The number of rotatable bonds is 3. The van der Waals surface area contributed by atoms with Crippen molar-refractivity contribution >= 4 is 11.8 Å². The van der Waals surface area contributed by atoms with Crippen LogP contribution in [0.25, 0.3) is 0 Å². The predicted octanol–water partition coefficient (Wildman–Crippen LogP) is 1.49. The molecule has 0 aromatic carbocycles. The number of ether oxygens (including phenoxy) is 1. The molecule has 92 valence electrons. The van der Waals surface area contributed by atoms with E-state index in [1.807, 2.05) is 27.7 Å². The standard InChI is InChI=1S/C12H21NO3/c1-8-10(15)13-9(14)6-12(8,4)7-11(2,3)16-5/h8H,6-7H2,1-5H3,(H,13,14,15). The summed E-state index contributed by atoms with van der Waals surface area (Å²) >= 11 is 0. The number of carbonyl (C=O) groups excluding carboxylic acids is 2. The third-order valence-corrected chi connectivity index (χ3v) is 3.65. The van der Waals surface area contributed by atoms with E-state index in [0.29, 0.717) is 12.8 Å². The number of amides is 2. The number of carbonyl (C=O) groups is 2. The van der Waals surface area contributed by atoms with Crippen LogP contribution < -0.4 is 5.32 Å². The maximum atomic E-state index is 11.6. The Balaban J connectivity index is 2.89. The molecule has 0 radical (unpaired) electrons. The van der Waals surface area contributed by atoms with Gasteiger partial charge in [0.1, 0.15) is 0 Å². The Kier molecular flexibility index (Phi) is 3.43. The van der Waals surface area contributed by atoms with Crippen LogP contribution in [-0.4, -0.2) is 24.5 Å². The lowest BCUT2D eigenvalue weighted by Crippen LogP contribution is -2.52. The first kappa shape index (κ1) is 13.2. The molecule has 1 aliphatic rings. The largest absolute Gasteiger partial charge is 0.379 e. The number of nitrogens with one attached hydrogen (secondary N) is 1. The minimum absolute atomic E-state index is 0.167. The minimum Gasteiger partial charge on any atom is -0.379 e. The molecule has 0 aromatic rings. The molecule has 0 aliphatic carbocycles. The van der Waals surface area contributed by atoms with E-state index >= 15 is 0 Å². The fourth-order valence-electron chi connectivity index (χ4n) is 2.39. The van der Waals surface area contributed by atoms with Gasteiger partial charge < -0.3 is 4.74 Å². The molecular weight excluding hydrogens is 206 g/mol. The maximum absolute atomic E-state index is 11.6. The SMILES string of the molecule is COC(C)(C)CC1(C)CC(=O)NC(=O)C1C. The highest BCUT2D eigenvalue weighted by Crippen LogP contribution is 2.42. The molecule has 0 spiro atoms. The van der Waals surface area contributed by atoms with E-state index < -0.39 is 0 Å². The molecule has 1 N–H and O–H groups in total. The minimum atomic E-state index is -0.321. The molecule has 1 aliphatic heterocycles. The molecule has 0 saturated carbocycles. The average molecular weight is 227 g/mol. The van der Waals surface area contributed by atoms with Crippen LogP contribution in [0.2, 0.25) is 0 Å². The molecule has 1 saturated heterocycles. The second-order valence-electron chi connectivity index (χ2n) is 5.61. The van der Waals surface area contributed by atoms with Gasteiger partial charge in [-0.05, 0) is 25.7 Å². The third-order valence-electron chi connectivity index (χ3n) is 3.65. The summed E-state index contributed by atoms with van der Waals surface area (Å²) in [7, 11) is 1.65. The van der Waals surface area contributed by atoms with Crippen LogP contribution in [-0.2, 0) is 14.3 Å². The van der Waals surface area contributed by atoms with E-state index in [2.05, 4.69) is 5.32 Å². The van der Waals surface area contributed by atoms with Crippen molar-refractivity contribution in [3.8, 4) is 0 Å². The van der Waals surface area contributed by atoms with Gasteiger partial charge in [0.15, 0.2) is 0 Å². The highest BCUT2D eigenvalue weighted by molar-refractivity contribution is 5.99. The first-order valence-electron chi connectivity index (χ1n) is 5.59. The van der Waals surface area contributed by atoms with Crippen molar-refractivity contribution in [1.82, 2.24) is 5.32 Å². The van der Waals surface area contributed by atoms with Crippen molar-refractivity contribution in [1.29, 1.82) is 0 Å². The van der Waals surface area contributed by atoms with Crippen molar-refractivity contribution in [3.05, 3.63) is 0 Å². The molecule has 4 nitrogen and oxygen atoms in total. The smallest absolute Gasteiger partial charge is 0.229 e. The van der Waals surface area contributed by atoms with Crippen molar-refractivity contribution in [2.24, 2.45) is 11.3 Å². The van der Waals surface area contributed by atoms with E-state index in [0.717, 1.165) is 0 Å². The lowest BCUT2D eigenvalue weighted by Gasteiger charge is -2.42. The zero-order valence-electron chi connectivity index (χ0n) is 10.7. The Morgan fingerprint density at radius 3 is 2.56 bits per heavy atom. The lowest BCUT2D eigenvalue weighted by atomic mass is 9.67. The quantitative estimate of drug-likeness (QED) is 0.743. The van der Waals surface area contributed by atoms with Crippen LogP contribution in [0.5, 0.6) is 0 Å². The van der Waals surface area contributed by atoms with Gasteiger partial charge in [-0.1, -0.05) is 13.8 Å². The van der Waals surface area contributed by atoms with Crippen LogP contribution in [0.3, 0.4) is 0 Å². The number of methoxy groups -OCH3 is 1. The summed E-state index contributed by atoms with van der Waals surface area (Å²) in [4.78, 5) is 23.1. The molecule has 2 amide bonds. The number of imide groups is 1. The van der Waals surface area contributed by atoms with Crippen LogP contribution in [0.15, 0.2) is 0 Å². The highest BCUT2D eigenvalue weighted by atomic mass is 16.5.